The number of nitrogens with zero attached hydrogens (tertiary/aromatic N) is 3. The second-order valence-electron chi connectivity index (χ2n) is 5.84. The van der Waals surface area contributed by atoms with Crippen LogP contribution < -0.4 is 5.32 Å². The van der Waals surface area contributed by atoms with Gasteiger partial charge >= 0.3 is 5.97 Å². The Balaban J connectivity index is 1.57. The normalized spacial score (nSPS) is 15.0. The number of nitrogens with one attached hydrogen (secondary N) is 1. The summed E-state index contributed by atoms with van der Waals surface area (Å²) in [6.07, 6.45) is 1.47. The zero-order valence-electron chi connectivity index (χ0n) is 13.7. The Morgan fingerprint density at radius 3 is 2.76 bits per heavy atom. The second-order valence-corrected chi connectivity index (χ2v) is 5.84. The lowest BCUT2D eigenvalue weighted by Crippen LogP contribution is -2.35. The average molecular weight is 344 g/mol. The molecule has 1 aromatic heterocycles. The third-order valence-electron chi connectivity index (χ3n) is 3.89. The van der Waals surface area contributed by atoms with E-state index in [0.717, 1.165) is 38.4 Å². The molecule has 1 saturated heterocycles. The van der Waals surface area contributed by atoms with Crippen molar-refractivity contribution >= 4 is 17.6 Å². The van der Waals surface area contributed by atoms with Crippen LogP contribution in [0.4, 0.5) is 5.69 Å². The fraction of sp³-hybridized carbons (Fsp3) is 0.353. The van der Waals surface area contributed by atoms with Crippen LogP contribution >= 0.6 is 0 Å². The lowest BCUT2D eigenvalue weighted by atomic mass is 10.2. The number of aromatic nitrogens is 2. The number of amides is 1. The summed E-state index contributed by atoms with van der Waals surface area (Å²) in [7, 11) is 0. The number of carboxylic acid groups (broad SMARTS) is 1. The van der Waals surface area contributed by atoms with Crippen molar-refractivity contribution in [2.75, 3.05) is 31.6 Å². The van der Waals surface area contributed by atoms with Gasteiger partial charge in [0.05, 0.1) is 13.2 Å². The minimum Gasteiger partial charge on any atom is -0.476 e. The maximum absolute atomic E-state index is 12.1. The molecule has 132 valence electrons. The van der Waals surface area contributed by atoms with Gasteiger partial charge in [-0.15, -0.1) is 0 Å². The first kappa shape index (κ1) is 17.1. The van der Waals surface area contributed by atoms with Gasteiger partial charge in [-0.2, -0.15) is 5.10 Å². The SMILES string of the molecule is O=C(Cn1ccc(C(=O)O)n1)Nc1cccc(CN2CCOCC2)c1. The van der Waals surface area contributed by atoms with Gasteiger partial charge in [-0.1, -0.05) is 12.1 Å². The fourth-order valence-corrected chi connectivity index (χ4v) is 2.68. The van der Waals surface area contributed by atoms with Crippen LogP contribution in [0.5, 0.6) is 0 Å². The van der Waals surface area contributed by atoms with Gasteiger partial charge in [0, 0.05) is 31.5 Å². The predicted octanol–water partition coefficient (Wildman–Crippen LogP) is 1.05. The number of carboxylic acids is 1. The number of morpholine rings is 1. The van der Waals surface area contributed by atoms with Crippen molar-refractivity contribution in [1.29, 1.82) is 0 Å². The minimum absolute atomic E-state index is 0.0407. The van der Waals surface area contributed by atoms with Crippen LogP contribution in [0, 0.1) is 0 Å². The molecule has 1 aromatic carbocycles. The Morgan fingerprint density at radius 1 is 1.24 bits per heavy atom. The summed E-state index contributed by atoms with van der Waals surface area (Å²) in [6, 6.07) is 9.06. The molecule has 0 bridgehead atoms. The predicted molar refractivity (Wildman–Crippen MR) is 90.4 cm³/mol. The minimum atomic E-state index is -1.12. The summed E-state index contributed by atoms with van der Waals surface area (Å²) >= 11 is 0. The largest absolute Gasteiger partial charge is 0.476 e. The van der Waals surface area contributed by atoms with E-state index in [-0.39, 0.29) is 18.1 Å². The van der Waals surface area contributed by atoms with E-state index in [1.54, 1.807) is 0 Å². The first-order chi connectivity index (χ1) is 12.1. The van der Waals surface area contributed by atoms with E-state index in [1.807, 2.05) is 24.3 Å². The van der Waals surface area contributed by atoms with Crippen molar-refractivity contribution in [1.82, 2.24) is 14.7 Å². The summed E-state index contributed by atoms with van der Waals surface area (Å²) in [5, 5.41) is 15.5. The summed E-state index contributed by atoms with van der Waals surface area (Å²) in [5.74, 6) is -1.38. The lowest BCUT2D eigenvalue weighted by Gasteiger charge is -2.26. The molecule has 2 aromatic rings. The van der Waals surface area contributed by atoms with Crippen LogP contribution in [0.15, 0.2) is 36.5 Å². The van der Waals surface area contributed by atoms with Crippen LogP contribution in [-0.2, 0) is 22.6 Å². The first-order valence-electron chi connectivity index (χ1n) is 8.06. The number of carbonyl (C=O) groups is 2. The molecule has 0 aliphatic carbocycles. The van der Waals surface area contributed by atoms with Gasteiger partial charge in [0.15, 0.2) is 5.69 Å². The van der Waals surface area contributed by atoms with Crippen LogP contribution in [0.1, 0.15) is 16.1 Å². The summed E-state index contributed by atoms with van der Waals surface area (Å²) < 4.78 is 6.65. The van der Waals surface area contributed by atoms with Gasteiger partial charge in [0.2, 0.25) is 5.91 Å². The van der Waals surface area contributed by atoms with Gasteiger partial charge in [0.1, 0.15) is 6.54 Å². The zero-order valence-corrected chi connectivity index (χ0v) is 13.7. The molecule has 2 N–H and O–H groups in total. The molecule has 1 fully saturated rings. The van der Waals surface area contributed by atoms with Crippen LogP contribution in [-0.4, -0.2) is 58.0 Å². The van der Waals surface area contributed by atoms with E-state index in [0.29, 0.717) is 5.69 Å². The van der Waals surface area contributed by atoms with Crippen LogP contribution in [0.2, 0.25) is 0 Å². The Kier molecular flexibility index (Phi) is 5.42. The zero-order chi connectivity index (χ0) is 17.6. The third kappa shape index (κ3) is 4.88. The van der Waals surface area contributed by atoms with E-state index in [2.05, 4.69) is 15.3 Å². The van der Waals surface area contributed by atoms with E-state index < -0.39 is 5.97 Å². The highest BCUT2D eigenvalue weighted by Gasteiger charge is 2.12. The standard InChI is InChI=1S/C17H20N4O4/c22-16(12-21-5-4-15(19-21)17(23)24)18-14-3-1-2-13(10-14)11-20-6-8-25-9-7-20/h1-5,10H,6-9,11-12H2,(H,18,22)(H,23,24). The number of hydrogen-bond donors (Lipinski definition) is 2. The summed E-state index contributed by atoms with van der Waals surface area (Å²) in [5.41, 5.74) is 1.74. The van der Waals surface area contributed by atoms with Crippen molar-refractivity contribution in [3.8, 4) is 0 Å². The van der Waals surface area contributed by atoms with Crippen molar-refractivity contribution in [2.45, 2.75) is 13.1 Å². The van der Waals surface area contributed by atoms with E-state index in [1.165, 1.54) is 16.9 Å². The Morgan fingerprint density at radius 2 is 2.04 bits per heavy atom. The molecule has 2 heterocycles. The Hall–Kier alpha value is -2.71. The molecular weight excluding hydrogens is 324 g/mol. The topological polar surface area (TPSA) is 96.7 Å². The van der Waals surface area contributed by atoms with Crippen LogP contribution in [0.25, 0.3) is 0 Å². The number of ether oxygens (including phenoxy) is 1. The monoisotopic (exact) mass is 344 g/mol. The van der Waals surface area contributed by atoms with E-state index in [4.69, 9.17) is 9.84 Å². The molecule has 0 unspecified atom stereocenters. The molecule has 1 aliphatic heterocycles. The fourth-order valence-electron chi connectivity index (χ4n) is 2.68. The molecule has 8 nitrogen and oxygen atoms in total. The van der Waals surface area contributed by atoms with Crippen molar-refractivity contribution < 1.29 is 19.4 Å². The number of anilines is 1. The number of carbonyl (C=O) groups excluding carboxylic acids is 1. The molecule has 3 rings (SSSR count). The number of hydrogen-bond acceptors (Lipinski definition) is 5. The van der Waals surface area contributed by atoms with E-state index in [9.17, 15) is 9.59 Å². The van der Waals surface area contributed by atoms with Gasteiger partial charge in [-0.3, -0.25) is 14.4 Å². The third-order valence-corrected chi connectivity index (χ3v) is 3.89. The summed E-state index contributed by atoms with van der Waals surface area (Å²) in [6.45, 7) is 4.08. The first-order valence-corrected chi connectivity index (χ1v) is 8.06. The molecule has 25 heavy (non-hydrogen) atoms. The maximum Gasteiger partial charge on any atom is 0.356 e. The Labute approximate surface area is 145 Å². The highest BCUT2D eigenvalue weighted by molar-refractivity contribution is 5.90. The highest BCUT2D eigenvalue weighted by atomic mass is 16.5. The molecule has 8 heteroatoms. The average Bonchev–Trinajstić information content (AvgIpc) is 3.05. The van der Waals surface area contributed by atoms with Gasteiger partial charge in [-0.05, 0) is 23.8 Å². The highest BCUT2D eigenvalue weighted by Crippen LogP contribution is 2.13. The van der Waals surface area contributed by atoms with Crippen molar-refractivity contribution in [2.24, 2.45) is 0 Å². The quantitative estimate of drug-likeness (QED) is 0.813. The van der Waals surface area contributed by atoms with Crippen LogP contribution in [0.3, 0.4) is 0 Å². The molecule has 0 saturated carbocycles. The van der Waals surface area contributed by atoms with Gasteiger partial charge < -0.3 is 15.2 Å². The van der Waals surface area contributed by atoms with Crippen molar-refractivity contribution in [3.63, 3.8) is 0 Å². The van der Waals surface area contributed by atoms with Gasteiger partial charge in [0.25, 0.3) is 0 Å². The van der Waals surface area contributed by atoms with E-state index >= 15 is 0 Å². The number of aromatic carboxylic acids is 1. The maximum atomic E-state index is 12.1. The molecular formula is C17H20N4O4. The molecule has 0 radical (unpaired) electrons. The second kappa shape index (κ2) is 7.91. The number of rotatable bonds is 6. The van der Waals surface area contributed by atoms with Crippen molar-refractivity contribution in [3.05, 3.63) is 47.8 Å². The Bertz CT molecular complexity index is 753. The molecule has 1 aliphatic rings. The lowest BCUT2D eigenvalue weighted by molar-refractivity contribution is -0.116. The molecule has 0 spiro atoms. The summed E-state index contributed by atoms with van der Waals surface area (Å²) in [4.78, 5) is 25.2. The smallest absolute Gasteiger partial charge is 0.356 e. The number of benzene rings is 1. The van der Waals surface area contributed by atoms with Gasteiger partial charge in [-0.25, -0.2) is 4.79 Å². The molecule has 0 atom stereocenters. The molecule has 1 amide bonds.